The van der Waals surface area contributed by atoms with Crippen molar-refractivity contribution in [2.45, 2.75) is 58.3 Å². The summed E-state index contributed by atoms with van der Waals surface area (Å²) in [4.78, 5) is 0. The average molecular weight is 410 g/mol. The molecule has 154 valence electrons. The quantitative estimate of drug-likeness (QED) is 0.301. The molecule has 0 aliphatic heterocycles. The number of hydrogen-bond donors (Lipinski definition) is 1. The second-order valence-corrected chi connectivity index (χ2v) is 7.85. The second-order valence-electron chi connectivity index (χ2n) is 7.46. The fourth-order valence-electron chi connectivity index (χ4n) is 3.59. The van der Waals surface area contributed by atoms with Gasteiger partial charge in [0.05, 0.1) is 12.8 Å². The fourth-order valence-corrected chi connectivity index (χ4v) is 3.85. The van der Waals surface area contributed by atoms with Gasteiger partial charge in [0.25, 0.3) is 0 Å². The molecule has 0 aliphatic rings. The lowest BCUT2D eigenvalue weighted by molar-refractivity contribution is 0.414. The maximum absolute atomic E-state index is 5.45. The van der Waals surface area contributed by atoms with Crippen molar-refractivity contribution in [1.29, 1.82) is 0 Å². The number of nitrogens with zero attached hydrogens (tertiary/aromatic N) is 2. The molecule has 5 heteroatoms. The molecule has 3 aromatic rings. The number of benzene rings is 2. The van der Waals surface area contributed by atoms with E-state index < -0.39 is 0 Å². The van der Waals surface area contributed by atoms with Gasteiger partial charge in [0.1, 0.15) is 11.6 Å². The van der Waals surface area contributed by atoms with Gasteiger partial charge in [-0.05, 0) is 61.2 Å². The highest BCUT2D eigenvalue weighted by atomic mass is 32.1. The molecule has 1 aromatic heterocycles. The first-order valence-electron chi connectivity index (χ1n) is 10.6. The number of rotatable bonds is 11. The van der Waals surface area contributed by atoms with Crippen LogP contribution in [-0.2, 0) is 19.3 Å². The van der Waals surface area contributed by atoms with Gasteiger partial charge in [-0.1, -0.05) is 56.5 Å². The Bertz CT molecular complexity index is 943. The molecule has 2 aromatic carbocycles. The summed E-state index contributed by atoms with van der Waals surface area (Å²) in [5, 5.41) is 7.38. The van der Waals surface area contributed by atoms with E-state index in [0.29, 0.717) is 4.77 Å². The lowest BCUT2D eigenvalue weighted by atomic mass is 10.0. The molecular formula is C24H31N3OS. The highest BCUT2D eigenvalue weighted by molar-refractivity contribution is 7.71. The van der Waals surface area contributed by atoms with Crippen molar-refractivity contribution in [2.24, 2.45) is 0 Å². The Labute approximate surface area is 178 Å². The highest BCUT2D eigenvalue weighted by Crippen LogP contribution is 2.19. The number of H-pyrrole nitrogens is 1. The molecule has 0 amide bonds. The van der Waals surface area contributed by atoms with Crippen LogP contribution in [-0.4, -0.2) is 21.9 Å². The Morgan fingerprint density at radius 3 is 2.34 bits per heavy atom. The predicted molar refractivity (Wildman–Crippen MR) is 122 cm³/mol. The van der Waals surface area contributed by atoms with E-state index in [1.165, 1.54) is 43.2 Å². The lowest BCUT2D eigenvalue weighted by Crippen LogP contribution is -2.03. The van der Waals surface area contributed by atoms with Gasteiger partial charge < -0.3 is 4.74 Å². The number of nitrogens with one attached hydrogen (secondary N) is 1. The van der Waals surface area contributed by atoms with E-state index in [4.69, 9.17) is 17.0 Å². The molecule has 0 aliphatic carbocycles. The van der Waals surface area contributed by atoms with Crippen LogP contribution in [0.4, 0.5) is 0 Å². The lowest BCUT2D eigenvalue weighted by Gasteiger charge is -2.09. The van der Waals surface area contributed by atoms with Gasteiger partial charge in [0, 0.05) is 12.5 Å². The second kappa shape index (κ2) is 11.0. The van der Waals surface area contributed by atoms with Crippen LogP contribution in [0.1, 0.15) is 56.0 Å². The van der Waals surface area contributed by atoms with Crippen LogP contribution in [0.3, 0.4) is 0 Å². The molecule has 0 bridgehead atoms. The van der Waals surface area contributed by atoms with Crippen LogP contribution in [0, 0.1) is 4.77 Å². The van der Waals surface area contributed by atoms with Crippen molar-refractivity contribution in [3.63, 3.8) is 0 Å². The van der Waals surface area contributed by atoms with E-state index in [1.54, 1.807) is 7.11 Å². The molecule has 1 heterocycles. The average Bonchev–Trinajstić information content (AvgIpc) is 3.12. The minimum absolute atomic E-state index is 0.612. The zero-order valence-corrected chi connectivity index (χ0v) is 18.3. The summed E-state index contributed by atoms with van der Waals surface area (Å²) >= 11 is 5.45. The molecule has 0 spiro atoms. The van der Waals surface area contributed by atoms with Crippen LogP contribution in [0.15, 0.2) is 48.5 Å². The van der Waals surface area contributed by atoms with Crippen molar-refractivity contribution in [1.82, 2.24) is 14.8 Å². The molecule has 0 saturated heterocycles. The Balaban J connectivity index is 1.56. The number of hydrogen-bond acceptors (Lipinski definition) is 3. The number of unbranched alkanes of at least 4 members (excludes halogenated alkanes) is 3. The summed E-state index contributed by atoms with van der Waals surface area (Å²) in [5.41, 5.74) is 3.80. The van der Waals surface area contributed by atoms with Gasteiger partial charge in [-0.2, -0.15) is 5.10 Å². The normalized spacial score (nSPS) is 11.0. The maximum atomic E-state index is 5.45. The Kier molecular flexibility index (Phi) is 8.05. The third kappa shape index (κ3) is 6.04. The van der Waals surface area contributed by atoms with Gasteiger partial charge in [0.15, 0.2) is 4.77 Å². The topological polar surface area (TPSA) is 42.8 Å². The predicted octanol–water partition coefficient (Wildman–Crippen LogP) is 6.24. The summed E-state index contributed by atoms with van der Waals surface area (Å²) in [6, 6.07) is 17.0. The van der Waals surface area contributed by atoms with Crippen molar-refractivity contribution in [3.05, 3.63) is 70.3 Å². The zero-order valence-electron chi connectivity index (χ0n) is 17.5. The number of aromatic amines is 1. The van der Waals surface area contributed by atoms with E-state index >= 15 is 0 Å². The SMILES string of the molecule is CCCCCCc1ccc(CCCc2n[nH]c(=S)n2-c2cccc(OC)c2)cc1. The summed E-state index contributed by atoms with van der Waals surface area (Å²) in [6.45, 7) is 2.26. The Hall–Kier alpha value is -2.40. The molecule has 0 fully saturated rings. The first-order chi connectivity index (χ1) is 14.2. The van der Waals surface area contributed by atoms with Crippen molar-refractivity contribution < 1.29 is 4.74 Å². The molecule has 0 unspecified atom stereocenters. The number of methoxy groups -OCH3 is 1. The Morgan fingerprint density at radius 2 is 1.66 bits per heavy atom. The number of ether oxygens (including phenoxy) is 1. The molecule has 0 saturated carbocycles. The largest absolute Gasteiger partial charge is 0.497 e. The van der Waals surface area contributed by atoms with Crippen LogP contribution in [0.25, 0.3) is 5.69 Å². The highest BCUT2D eigenvalue weighted by Gasteiger charge is 2.09. The van der Waals surface area contributed by atoms with Crippen molar-refractivity contribution in [2.75, 3.05) is 7.11 Å². The monoisotopic (exact) mass is 409 g/mol. The van der Waals surface area contributed by atoms with Crippen LogP contribution < -0.4 is 4.74 Å². The van der Waals surface area contributed by atoms with Crippen molar-refractivity contribution in [3.8, 4) is 11.4 Å². The standard InChI is InChI=1S/C24H31N3OS/c1-3-4-5-6-9-19-14-16-20(17-15-19)10-7-13-23-25-26-24(29)27(23)21-11-8-12-22(18-21)28-2/h8,11-12,14-18H,3-7,9-10,13H2,1-2H3,(H,26,29). The summed E-state index contributed by atoms with van der Waals surface area (Å²) in [5.74, 6) is 1.77. The minimum atomic E-state index is 0.612. The smallest absolute Gasteiger partial charge is 0.199 e. The van der Waals surface area contributed by atoms with Crippen LogP contribution in [0.2, 0.25) is 0 Å². The minimum Gasteiger partial charge on any atom is -0.497 e. The van der Waals surface area contributed by atoms with E-state index in [9.17, 15) is 0 Å². The fraction of sp³-hybridized carbons (Fsp3) is 0.417. The number of aromatic nitrogens is 3. The zero-order chi connectivity index (χ0) is 20.5. The van der Waals surface area contributed by atoms with E-state index in [1.807, 2.05) is 28.8 Å². The molecule has 1 N–H and O–H groups in total. The van der Waals surface area contributed by atoms with Gasteiger partial charge in [-0.25, -0.2) is 0 Å². The van der Waals surface area contributed by atoms with E-state index in [2.05, 4.69) is 41.4 Å². The summed E-state index contributed by atoms with van der Waals surface area (Å²) in [6.07, 6.45) is 9.37. The molecule has 3 rings (SSSR count). The molecule has 0 radical (unpaired) electrons. The third-order valence-electron chi connectivity index (χ3n) is 5.26. The van der Waals surface area contributed by atoms with Crippen molar-refractivity contribution >= 4 is 12.2 Å². The molecule has 29 heavy (non-hydrogen) atoms. The van der Waals surface area contributed by atoms with Gasteiger partial charge in [0.2, 0.25) is 0 Å². The number of aryl methyl sites for hydroxylation is 3. The van der Waals surface area contributed by atoms with Crippen LogP contribution in [0.5, 0.6) is 5.75 Å². The van der Waals surface area contributed by atoms with Gasteiger partial charge in [-0.15, -0.1) is 0 Å². The summed E-state index contributed by atoms with van der Waals surface area (Å²) < 4.78 is 7.95. The third-order valence-corrected chi connectivity index (χ3v) is 5.54. The maximum Gasteiger partial charge on any atom is 0.199 e. The molecule has 0 atom stereocenters. The Morgan fingerprint density at radius 1 is 0.931 bits per heavy atom. The van der Waals surface area contributed by atoms with Gasteiger partial charge in [-0.3, -0.25) is 9.67 Å². The molecule has 4 nitrogen and oxygen atoms in total. The first kappa shape index (κ1) is 21.3. The van der Waals surface area contributed by atoms with E-state index in [-0.39, 0.29) is 0 Å². The summed E-state index contributed by atoms with van der Waals surface area (Å²) in [7, 11) is 1.67. The van der Waals surface area contributed by atoms with Crippen LogP contribution >= 0.6 is 12.2 Å². The van der Waals surface area contributed by atoms with E-state index in [0.717, 1.165) is 36.5 Å². The molecular weight excluding hydrogens is 378 g/mol. The first-order valence-corrected chi connectivity index (χ1v) is 11.0. The van der Waals surface area contributed by atoms with Gasteiger partial charge >= 0.3 is 0 Å².